The van der Waals surface area contributed by atoms with Crippen molar-refractivity contribution in [1.29, 1.82) is 0 Å². The van der Waals surface area contributed by atoms with E-state index in [-0.39, 0.29) is 17.6 Å². The molecule has 0 saturated carbocycles. The smallest absolute Gasteiger partial charge is 0.255 e. The summed E-state index contributed by atoms with van der Waals surface area (Å²) in [5.74, 6) is -0.506. The largest absolute Gasteiger partial charge is 0.366 e. The molecule has 2 amide bonds. The van der Waals surface area contributed by atoms with Crippen molar-refractivity contribution in [2.75, 3.05) is 36.4 Å². The van der Waals surface area contributed by atoms with Crippen molar-refractivity contribution in [3.05, 3.63) is 95.8 Å². The van der Waals surface area contributed by atoms with Crippen molar-refractivity contribution >= 4 is 23.2 Å². The quantitative estimate of drug-likeness (QED) is 0.715. The molecule has 0 atom stereocenters. The van der Waals surface area contributed by atoms with Gasteiger partial charge in [-0.2, -0.15) is 0 Å². The van der Waals surface area contributed by atoms with Crippen molar-refractivity contribution in [2.45, 2.75) is 0 Å². The molecular weight excluding hydrogens is 381 g/mol. The molecule has 1 N–H and O–H groups in total. The number of amides is 2. The van der Waals surface area contributed by atoms with Gasteiger partial charge >= 0.3 is 0 Å². The van der Waals surface area contributed by atoms with E-state index in [9.17, 15) is 14.0 Å². The molecule has 1 heterocycles. The number of rotatable bonds is 4. The minimum absolute atomic E-state index is 0.0656. The minimum atomic E-state index is -0.245. The highest BCUT2D eigenvalue weighted by atomic mass is 19.1. The molecule has 0 aromatic heterocycles. The fourth-order valence-electron chi connectivity index (χ4n) is 3.53. The predicted molar refractivity (Wildman–Crippen MR) is 115 cm³/mol. The van der Waals surface area contributed by atoms with Gasteiger partial charge in [0.05, 0.1) is 5.69 Å². The van der Waals surface area contributed by atoms with Crippen LogP contribution < -0.4 is 10.2 Å². The highest BCUT2D eigenvalue weighted by Crippen LogP contribution is 2.21. The average molecular weight is 403 g/mol. The number of carbonyl (C=O) groups excluding carboxylic acids is 2. The van der Waals surface area contributed by atoms with E-state index in [1.54, 1.807) is 53.4 Å². The fraction of sp³-hybridized carbons (Fsp3) is 0.167. The van der Waals surface area contributed by atoms with E-state index in [0.29, 0.717) is 48.7 Å². The maximum atomic E-state index is 14.0. The molecule has 4 rings (SSSR count). The number of halogens is 1. The summed E-state index contributed by atoms with van der Waals surface area (Å²) in [6, 6.07) is 22.5. The Morgan fingerprint density at radius 2 is 1.37 bits per heavy atom. The highest BCUT2D eigenvalue weighted by molar-refractivity contribution is 6.04. The van der Waals surface area contributed by atoms with E-state index in [0.717, 1.165) is 0 Å². The van der Waals surface area contributed by atoms with E-state index in [1.807, 2.05) is 29.2 Å². The van der Waals surface area contributed by atoms with Crippen LogP contribution in [0.4, 0.5) is 15.8 Å². The van der Waals surface area contributed by atoms with Gasteiger partial charge in [0.1, 0.15) is 5.82 Å². The van der Waals surface area contributed by atoms with Gasteiger partial charge in [0.25, 0.3) is 11.8 Å². The molecule has 0 bridgehead atoms. The maximum absolute atomic E-state index is 14.0. The van der Waals surface area contributed by atoms with Crippen molar-refractivity contribution in [3.8, 4) is 0 Å². The molecule has 0 aliphatic carbocycles. The van der Waals surface area contributed by atoms with E-state index in [1.165, 1.54) is 6.07 Å². The van der Waals surface area contributed by atoms with Gasteiger partial charge in [-0.1, -0.05) is 30.3 Å². The normalized spacial score (nSPS) is 13.8. The molecule has 0 spiro atoms. The molecule has 1 aliphatic heterocycles. The van der Waals surface area contributed by atoms with Gasteiger partial charge in [-0.3, -0.25) is 9.59 Å². The summed E-state index contributed by atoms with van der Waals surface area (Å²) in [7, 11) is 0. The first-order valence-corrected chi connectivity index (χ1v) is 9.87. The monoisotopic (exact) mass is 403 g/mol. The molecule has 1 aliphatic rings. The Hall–Kier alpha value is -3.67. The average Bonchev–Trinajstić information content (AvgIpc) is 2.80. The second-order valence-corrected chi connectivity index (χ2v) is 7.13. The lowest BCUT2D eigenvalue weighted by molar-refractivity contribution is 0.0746. The molecule has 0 radical (unpaired) electrons. The summed E-state index contributed by atoms with van der Waals surface area (Å²) in [4.78, 5) is 28.8. The third-order valence-corrected chi connectivity index (χ3v) is 5.19. The number of nitrogens with zero attached hydrogens (tertiary/aromatic N) is 2. The van der Waals surface area contributed by atoms with E-state index >= 15 is 0 Å². The van der Waals surface area contributed by atoms with Gasteiger partial charge in [-0.15, -0.1) is 0 Å². The highest BCUT2D eigenvalue weighted by Gasteiger charge is 2.23. The van der Waals surface area contributed by atoms with E-state index in [4.69, 9.17) is 0 Å². The Labute approximate surface area is 174 Å². The van der Waals surface area contributed by atoms with E-state index in [2.05, 4.69) is 5.32 Å². The van der Waals surface area contributed by atoms with Crippen LogP contribution >= 0.6 is 0 Å². The van der Waals surface area contributed by atoms with Crippen LogP contribution in [-0.2, 0) is 0 Å². The molecule has 5 nitrogen and oxygen atoms in total. The predicted octanol–water partition coefficient (Wildman–Crippen LogP) is 4.04. The number of hydrogen-bond acceptors (Lipinski definition) is 3. The number of carbonyl (C=O) groups is 2. The zero-order valence-corrected chi connectivity index (χ0v) is 16.4. The summed E-state index contributed by atoms with van der Waals surface area (Å²) in [5, 5.41) is 2.83. The third kappa shape index (κ3) is 4.33. The summed E-state index contributed by atoms with van der Waals surface area (Å²) >= 11 is 0. The summed E-state index contributed by atoms with van der Waals surface area (Å²) in [5.41, 5.74) is 2.34. The second kappa shape index (κ2) is 8.78. The molecule has 1 fully saturated rings. The summed E-state index contributed by atoms with van der Waals surface area (Å²) in [6.07, 6.45) is 0. The standard InChI is InChI=1S/C24H22FN3O2/c25-21-8-4-5-9-22(21)27-14-16-28(17-15-27)24(30)19-10-12-20(13-11-19)26-23(29)18-6-2-1-3-7-18/h1-13H,14-17H2,(H,26,29). The third-order valence-electron chi connectivity index (χ3n) is 5.19. The Morgan fingerprint density at radius 3 is 2.03 bits per heavy atom. The van der Waals surface area contributed by atoms with Crippen molar-refractivity contribution in [3.63, 3.8) is 0 Å². The Balaban J connectivity index is 1.35. The van der Waals surface area contributed by atoms with Crippen LogP contribution in [0.15, 0.2) is 78.9 Å². The summed E-state index contributed by atoms with van der Waals surface area (Å²) in [6.45, 7) is 2.22. The van der Waals surface area contributed by atoms with Gasteiger partial charge in [-0.05, 0) is 48.5 Å². The van der Waals surface area contributed by atoms with Crippen molar-refractivity contribution in [1.82, 2.24) is 4.90 Å². The van der Waals surface area contributed by atoms with Crippen LogP contribution in [0.2, 0.25) is 0 Å². The molecule has 0 unspecified atom stereocenters. The second-order valence-electron chi connectivity index (χ2n) is 7.13. The van der Waals surface area contributed by atoms with Crippen LogP contribution in [0, 0.1) is 5.82 Å². The number of para-hydroxylation sites is 1. The number of nitrogens with one attached hydrogen (secondary N) is 1. The van der Waals surface area contributed by atoms with Gasteiger partial charge < -0.3 is 15.1 Å². The van der Waals surface area contributed by atoms with Crippen LogP contribution in [0.5, 0.6) is 0 Å². The molecule has 152 valence electrons. The minimum Gasteiger partial charge on any atom is -0.366 e. The fourth-order valence-corrected chi connectivity index (χ4v) is 3.53. The number of hydrogen-bond donors (Lipinski definition) is 1. The molecule has 30 heavy (non-hydrogen) atoms. The SMILES string of the molecule is O=C(Nc1ccc(C(=O)N2CCN(c3ccccc3F)CC2)cc1)c1ccccc1. The number of benzene rings is 3. The lowest BCUT2D eigenvalue weighted by Gasteiger charge is -2.36. The van der Waals surface area contributed by atoms with Gasteiger partial charge in [-0.25, -0.2) is 4.39 Å². The van der Waals surface area contributed by atoms with Gasteiger partial charge in [0.15, 0.2) is 0 Å². The zero-order valence-electron chi connectivity index (χ0n) is 16.4. The Kier molecular flexibility index (Phi) is 5.75. The Morgan fingerprint density at radius 1 is 0.733 bits per heavy atom. The molecule has 3 aromatic rings. The molecule has 1 saturated heterocycles. The lowest BCUT2D eigenvalue weighted by atomic mass is 10.1. The number of piperazine rings is 1. The maximum Gasteiger partial charge on any atom is 0.255 e. The summed E-state index contributed by atoms with van der Waals surface area (Å²) < 4.78 is 14.0. The van der Waals surface area contributed by atoms with Crippen LogP contribution in [0.25, 0.3) is 0 Å². The van der Waals surface area contributed by atoms with Crippen LogP contribution in [-0.4, -0.2) is 42.9 Å². The zero-order chi connectivity index (χ0) is 20.9. The van der Waals surface area contributed by atoms with E-state index < -0.39 is 0 Å². The van der Waals surface area contributed by atoms with Crippen molar-refractivity contribution in [2.24, 2.45) is 0 Å². The molecule has 6 heteroatoms. The first-order valence-electron chi connectivity index (χ1n) is 9.87. The van der Waals surface area contributed by atoms with Gasteiger partial charge in [0, 0.05) is 43.0 Å². The first-order chi connectivity index (χ1) is 14.6. The lowest BCUT2D eigenvalue weighted by Crippen LogP contribution is -2.49. The Bertz CT molecular complexity index is 1030. The van der Waals surface area contributed by atoms with Crippen LogP contribution in [0.1, 0.15) is 20.7 Å². The first kappa shape index (κ1) is 19.6. The number of anilines is 2. The van der Waals surface area contributed by atoms with Crippen LogP contribution in [0.3, 0.4) is 0 Å². The van der Waals surface area contributed by atoms with Gasteiger partial charge in [0.2, 0.25) is 0 Å². The van der Waals surface area contributed by atoms with Crippen molar-refractivity contribution < 1.29 is 14.0 Å². The molecular formula is C24H22FN3O2. The molecule has 3 aromatic carbocycles. The topological polar surface area (TPSA) is 52.7 Å².